The average Bonchev–Trinajstić information content (AvgIpc) is 3.06. The summed E-state index contributed by atoms with van der Waals surface area (Å²) in [7, 11) is 3.94. The molecular formula is C28H29N3O3. The van der Waals surface area contributed by atoms with Crippen LogP contribution in [0.5, 0.6) is 5.75 Å². The molecule has 1 aliphatic rings. The molecule has 0 saturated heterocycles. The number of nitrogens with zero attached hydrogens (tertiary/aromatic N) is 2. The van der Waals surface area contributed by atoms with Gasteiger partial charge in [0, 0.05) is 25.5 Å². The summed E-state index contributed by atoms with van der Waals surface area (Å²) in [4.78, 5) is 30.6. The number of anilines is 3. The Hall–Kier alpha value is -4.06. The van der Waals surface area contributed by atoms with E-state index in [-0.39, 0.29) is 17.5 Å². The molecule has 174 valence electrons. The van der Waals surface area contributed by atoms with Crippen LogP contribution in [0.3, 0.4) is 0 Å². The van der Waals surface area contributed by atoms with E-state index >= 15 is 0 Å². The molecule has 0 atom stereocenters. The zero-order valence-electron chi connectivity index (χ0n) is 20.2. The van der Waals surface area contributed by atoms with Gasteiger partial charge in [0.2, 0.25) is 0 Å². The molecule has 4 rings (SSSR count). The molecule has 0 unspecified atom stereocenters. The Balaban J connectivity index is 1.79. The number of hydrogen-bond donors (Lipinski definition) is 1. The van der Waals surface area contributed by atoms with Gasteiger partial charge in [-0.3, -0.25) is 9.59 Å². The van der Waals surface area contributed by atoms with E-state index in [0.717, 1.165) is 22.5 Å². The lowest BCUT2D eigenvalue weighted by atomic mass is 10.0. The quantitative estimate of drug-likeness (QED) is 0.499. The van der Waals surface area contributed by atoms with Gasteiger partial charge in [-0.2, -0.15) is 0 Å². The second-order valence-electron chi connectivity index (χ2n) is 8.44. The molecule has 1 N–H and O–H groups in total. The second kappa shape index (κ2) is 9.43. The van der Waals surface area contributed by atoms with Crippen molar-refractivity contribution in [2.24, 2.45) is 0 Å². The summed E-state index contributed by atoms with van der Waals surface area (Å²) in [6.45, 7) is 6.36. The summed E-state index contributed by atoms with van der Waals surface area (Å²) < 4.78 is 5.55. The van der Waals surface area contributed by atoms with Crippen molar-refractivity contribution in [3.63, 3.8) is 0 Å². The van der Waals surface area contributed by atoms with Crippen molar-refractivity contribution in [1.82, 2.24) is 0 Å². The van der Waals surface area contributed by atoms with Gasteiger partial charge in [-0.1, -0.05) is 24.3 Å². The topological polar surface area (TPSA) is 61.9 Å². The Morgan fingerprint density at radius 3 is 2.18 bits per heavy atom. The molecule has 0 fully saturated rings. The van der Waals surface area contributed by atoms with E-state index in [1.54, 1.807) is 0 Å². The standard InChI is InChI=1S/C28H29N3O3/c1-6-34-23-16-10-20(11-17-23)25-26(29-21-12-14-22(15-13-21)30(4)5)28(33)31(27(25)32)24-9-7-8-18(2)19(24)3/h7-17,29H,6H2,1-5H3. The fraction of sp³-hybridized carbons (Fsp3) is 0.214. The highest BCUT2D eigenvalue weighted by Gasteiger charge is 2.41. The average molecular weight is 456 g/mol. The highest BCUT2D eigenvalue weighted by atomic mass is 16.5. The lowest BCUT2D eigenvalue weighted by Crippen LogP contribution is -2.33. The van der Waals surface area contributed by atoms with Gasteiger partial charge in [-0.15, -0.1) is 0 Å². The van der Waals surface area contributed by atoms with Crippen molar-refractivity contribution in [1.29, 1.82) is 0 Å². The molecule has 3 aromatic rings. The molecule has 2 amide bonds. The van der Waals surface area contributed by atoms with Crippen LogP contribution in [-0.4, -0.2) is 32.5 Å². The Labute approximate surface area is 200 Å². The Kier molecular flexibility index (Phi) is 6.41. The van der Waals surface area contributed by atoms with Crippen LogP contribution in [0.4, 0.5) is 17.1 Å². The molecule has 6 nitrogen and oxygen atoms in total. The van der Waals surface area contributed by atoms with Gasteiger partial charge in [-0.25, -0.2) is 4.90 Å². The van der Waals surface area contributed by atoms with Crippen LogP contribution in [0, 0.1) is 13.8 Å². The monoisotopic (exact) mass is 455 g/mol. The first-order valence-electron chi connectivity index (χ1n) is 11.3. The first kappa shape index (κ1) is 23.1. The van der Waals surface area contributed by atoms with Crippen LogP contribution >= 0.6 is 0 Å². The Morgan fingerprint density at radius 1 is 0.882 bits per heavy atom. The summed E-state index contributed by atoms with van der Waals surface area (Å²) in [5.74, 6) is -0.0154. The summed E-state index contributed by atoms with van der Waals surface area (Å²) in [5.41, 5.74) is 5.52. The van der Waals surface area contributed by atoms with Crippen molar-refractivity contribution in [3.8, 4) is 5.75 Å². The lowest BCUT2D eigenvalue weighted by Gasteiger charge is -2.19. The smallest absolute Gasteiger partial charge is 0.282 e. The number of benzene rings is 3. The van der Waals surface area contributed by atoms with Gasteiger partial charge in [0.15, 0.2) is 0 Å². The van der Waals surface area contributed by atoms with Crippen LogP contribution in [0.1, 0.15) is 23.6 Å². The number of carbonyl (C=O) groups is 2. The minimum Gasteiger partial charge on any atom is -0.494 e. The maximum Gasteiger partial charge on any atom is 0.282 e. The Bertz CT molecular complexity index is 1260. The number of rotatable bonds is 7. The minimum atomic E-state index is -0.376. The zero-order valence-corrected chi connectivity index (χ0v) is 20.2. The fourth-order valence-electron chi connectivity index (χ4n) is 3.98. The first-order chi connectivity index (χ1) is 16.3. The number of hydrogen-bond acceptors (Lipinski definition) is 5. The summed E-state index contributed by atoms with van der Waals surface area (Å²) in [6.07, 6.45) is 0. The van der Waals surface area contributed by atoms with Crippen molar-refractivity contribution < 1.29 is 14.3 Å². The van der Waals surface area contributed by atoms with Crippen LogP contribution in [0.2, 0.25) is 0 Å². The molecular weight excluding hydrogens is 426 g/mol. The van der Waals surface area contributed by atoms with E-state index in [0.29, 0.717) is 29.2 Å². The van der Waals surface area contributed by atoms with Crippen molar-refractivity contribution in [3.05, 3.63) is 89.1 Å². The third kappa shape index (κ3) is 4.27. The molecule has 0 saturated carbocycles. The normalized spacial score (nSPS) is 13.5. The molecule has 0 spiro atoms. The van der Waals surface area contributed by atoms with Crippen LogP contribution in [0.25, 0.3) is 5.57 Å². The van der Waals surface area contributed by atoms with Gasteiger partial charge in [0.1, 0.15) is 11.4 Å². The lowest BCUT2D eigenvalue weighted by molar-refractivity contribution is -0.120. The second-order valence-corrected chi connectivity index (χ2v) is 8.44. The molecule has 34 heavy (non-hydrogen) atoms. The minimum absolute atomic E-state index is 0.257. The predicted octanol–water partition coefficient (Wildman–Crippen LogP) is 5.16. The van der Waals surface area contributed by atoms with Gasteiger partial charge in [-0.05, 0) is 79.9 Å². The number of ether oxygens (including phenoxy) is 1. The van der Waals surface area contributed by atoms with E-state index < -0.39 is 0 Å². The predicted molar refractivity (Wildman–Crippen MR) is 137 cm³/mol. The highest BCUT2D eigenvalue weighted by Crippen LogP contribution is 2.36. The summed E-state index contributed by atoms with van der Waals surface area (Å²) in [6, 6.07) is 20.6. The maximum absolute atomic E-state index is 13.7. The third-order valence-electron chi connectivity index (χ3n) is 6.01. The largest absolute Gasteiger partial charge is 0.494 e. The summed E-state index contributed by atoms with van der Waals surface area (Å²) in [5, 5.41) is 3.23. The van der Waals surface area contributed by atoms with Crippen LogP contribution in [0.15, 0.2) is 72.4 Å². The molecule has 3 aromatic carbocycles. The third-order valence-corrected chi connectivity index (χ3v) is 6.01. The molecule has 0 radical (unpaired) electrons. The van der Waals surface area contributed by atoms with Gasteiger partial charge in [0.25, 0.3) is 11.8 Å². The maximum atomic E-state index is 13.7. The molecule has 0 bridgehead atoms. The molecule has 1 aliphatic heterocycles. The number of carbonyl (C=O) groups excluding carboxylic acids is 2. The molecule has 0 aromatic heterocycles. The highest BCUT2D eigenvalue weighted by molar-refractivity contribution is 6.46. The van der Waals surface area contributed by atoms with Crippen molar-refractivity contribution in [2.45, 2.75) is 20.8 Å². The van der Waals surface area contributed by atoms with Crippen LogP contribution in [-0.2, 0) is 9.59 Å². The number of nitrogens with one attached hydrogen (secondary N) is 1. The van der Waals surface area contributed by atoms with Gasteiger partial charge < -0.3 is 15.0 Å². The van der Waals surface area contributed by atoms with E-state index in [1.807, 2.05) is 106 Å². The fourth-order valence-corrected chi connectivity index (χ4v) is 3.98. The SMILES string of the molecule is CCOc1ccc(C2=C(Nc3ccc(N(C)C)cc3)C(=O)N(c3cccc(C)c3C)C2=O)cc1. The van der Waals surface area contributed by atoms with E-state index in [4.69, 9.17) is 4.74 Å². The molecule has 0 aliphatic carbocycles. The first-order valence-corrected chi connectivity index (χ1v) is 11.3. The number of amides is 2. The molecule has 6 heteroatoms. The van der Waals surface area contributed by atoms with Crippen molar-refractivity contribution in [2.75, 3.05) is 35.8 Å². The van der Waals surface area contributed by atoms with Gasteiger partial charge in [0.05, 0.1) is 17.9 Å². The van der Waals surface area contributed by atoms with Gasteiger partial charge >= 0.3 is 0 Å². The van der Waals surface area contributed by atoms with E-state index in [9.17, 15) is 9.59 Å². The Morgan fingerprint density at radius 2 is 1.56 bits per heavy atom. The summed E-state index contributed by atoms with van der Waals surface area (Å²) >= 11 is 0. The van der Waals surface area contributed by atoms with Crippen LogP contribution < -0.4 is 19.9 Å². The van der Waals surface area contributed by atoms with Crippen molar-refractivity contribution >= 4 is 34.4 Å². The van der Waals surface area contributed by atoms with E-state index in [1.165, 1.54) is 4.90 Å². The van der Waals surface area contributed by atoms with E-state index in [2.05, 4.69) is 5.32 Å². The number of aryl methyl sites for hydroxylation is 1. The zero-order chi connectivity index (χ0) is 24.4. The molecule has 1 heterocycles. The number of imide groups is 1.